The van der Waals surface area contributed by atoms with Gasteiger partial charge in [-0.15, -0.1) is 10.2 Å². The summed E-state index contributed by atoms with van der Waals surface area (Å²) in [5.74, 6) is 0.558. The third kappa shape index (κ3) is 4.75. The highest BCUT2D eigenvalue weighted by atomic mass is 32.2. The number of anilines is 1. The Morgan fingerprint density at radius 1 is 1.30 bits per heavy atom. The average molecular weight is 351 g/mol. The Kier molecular flexibility index (Phi) is 5.61. The van der Waals surface area contributed by atoms with E-state index in [-0.39, 0.29) is 17.6 Å². The molecule has 1 saturated carbocycles. The summed E-state index contributed by atoms with van der Waals surface area (Å²) in [7, 11) is 0. The minimum Gasteiger partial charge on any atom is -0.300 e. The van der Waals surface area contributed by atoms with Crippen LogP contribution in [0.4, 0.5) is 9.52 Å². The number of benzene rings is 1. The van der Waals surface area contributed by atoms with Crippen molar-refractivity contribution in [1.29, 1.82) is 0 Å². The fraction of sp³-hybridized carbons (Fsp3) is 0.438. The molecule has 1 heterocycles. The molecule has 0 aliphatic heterocycles. The van der Waals surface area contributed by atoms with Crippen molar-refractivity contribution in [1.82, 2.24) is 10.2 Å². The quantitative estimate of drug-likeness (QED) is 0.637. The van der Waals surface area contributed by atoms with Crippen LogP contribution in [0.5, 0.6) is 0 Å². The summed E-state index contributed by atoms with van der Waals surface area (Å²) >= 11 is 2.86. The van der Waals surface area contributed by atoms with Gasteiger partial charge in [0.05, 0.1) is 0 Å². The molecule has 0 unspecified atom stereocenters. The summed E-state index contributed by atoms with van der Waals surface area (Å²) < 4.78 is 13.9. The van der Waals surface area contributed by atoms with E-state index in [0.29, 0.717) is 10.9 Å². The lowest BCUT2D eigenvalue weighted by molar-refractivity contribution is -0.120. The molecule has 3 rings (SSSR count). The Bertz CT molecular complexity index is 671. The number of carbonyl (C=O) groups excluding carboxylic acids is 1. The van der Waals surface area contributed by atoms with Crippen LogP contribution in [-0.2, 0) is 10.5 Å². The Hall–Kier alpha value is -1.47. The molecule has 1 aliphatic rings. The van der Waals surface area contributed by atoms with Crippen LogP contribution in [0.1, 0.15) is 37.7 Å². The van der Waals surface area contributed by atoms with Gasteiger partial charge in [-0.25, -0.2) is 4.39 Å². The number of rotatable bonds is 5. The minimum atomic E-state index is -0.235. The van der Waals surface area contributed by atoms with E-state index in [1.165, 1.54) is 41.7 Å². The van der Waals surface area contributed by atoms with E-state index in [9.17, 15) is 9.18 Å². The van der Waals surface area contributed by atoms with Crippen molar-refractivity contribution >= 4 is 34.1 Å². The number of nitrogens with zero attached hydrogens (tertiary/aromatic N) is 2. The molecule has 1 amide bonds. The van der Waals surface area contributed by atoms with E-state index in [0.717, 1.165) is 35.6 Å². The number of nitrogens with one attached hydrogen (secondary N) is 1. The summed E-state index contributed by atoms with van der Waals surface area (Å²) in [6.07, 6.45) is 5.41. The molecule has 0 radical (unpaired) electrons. The lowest BCUT2D eigenvalue weighted by Crippen LogP contribution is -2.24. The smallest absolute Gasteiger partial charge is 0.229 e. The van der Waals surface area contributed by atoms with Crippen molar-refractivity contribution in [3.05, 3.63) is 35.6 Å². The molecule has 0 atom stereocenters. The van der Waals surface area contributed by atoms with Crippen molar-refractivity contribution in [2.75, 3.05) is 5.32 Å². The van der Waals surface area contributed by atoms with Crippen LogP contribution in [0.25, 0.3) is 0 Å². The van der Waals surface area contributed by atoms with Crippen molar-refractivity contribution in [2.45, 2.75) is 42.2 Å². The molecule has 7 heteroatoms. The molecule has 23 heavy (non-hydrogen) atoms. The molecule has 1 aromatic heterocycles. The number of thioether (sulfide) groups is 1. The van der Waals surface area contributed by atoms with Crippen LogP contribution in [0.3, 0.4) is 0 Å². The molecule has 122 valence electrons. The van der Waals surface area contributed by atoms with Gasteiger partial charge in [0.15, 0.2) is 4.34 Å². The molecular weight excluding hydrogens is 333 g/mol. The Morgan fingerprint density at radius 2 is 2.13 bits per heavy atom. The Labute approximate surface area is 142 Å². The Morgan fingerprint density at radius 3 is 2.91 bits per heavy atom. The molecule has 1 aromatic carbocycles. The average Bonchev–Trinajstić information content (AvgIpc) is 3.01. The maximum Gasteiger partial charge on any atom is 0.229 e. The number of hydrogen-bond acceptors (Lipinski definition) is 5. The second kappa shape index (κ2) is 7.88. The molecule has 2 aromatic rings. The largest absolute Gasteiger partial charge is 0.300 e. The van der Waals surface area contributed by atoms with E-state index in [1.807, 2.05) is 6.07 Å². The maximum absolute atomic E-state index is 13.1. The van der Waals surface area contributed by atoms with Crippen molar-refractivity contribution in [3.63, 3.8) is 0 Å². The SMILES string of the molecule is O=C(Nc1nnc(SCc2cccc(F)c2)s1)C1CCCCC1. The van der Waals surface area contributed by atoms with Crippen molar-refractivity contribution in [2.24, 2.45) is 5.92 Å². The predicted molar refractivity (Wildman–Crippen MR) is 91.1 cm³/mol. The van der Waals surface area contributed by atoms with Gasteiger partial charge in [0.1, 0.15) is 5.82 Å². The fourth-order valence-corrected chi connectivity index (χ4v) is 4.36. The van der Waals surface area contributed by atoms with Gasteiger partial charge in [-0.2, -0.15) is 0 Å². The van der Waals surface area contributed by atoms with Crippen LogP contribution in [0, 0.1) is 11.7 Å². The van der Waals surface area contributed by atoms with Crippen LogP contribution in [0.15, 0.2) is 28.6 Å². The molecule has 1 fully saturated rings. The zero-order valence-electron chi connectivity index (χ0n) is 12.6. The van der Waals surface area contributed by atoms with E-state index in [1.54, 1.807) is 6.07 Å². The lowest BCUT2D eigenvalue weighted by Gasteiger charge is -2.19. The maximum atomic E-state index is 13.1. The number of hydrogen-bond donors (Lipinski definition) is 1. The first-order chi connectivity index (χ1) is 11.2. The first-order valence-electron chi connectivity index (χ1n) is 7.72. The monoisotopic (exact) mass is 351 g/mol. The molecule has 4 nitrogen and oxygen atoms in total. The molecule has 0 bridgehead atoms. The van der Waals surface area contributed by atoms with E-state index < -0.39 is 0 Å². The normalized spacial score (nSPS) is 15.5. The van der Waals surface area contributed by atoms with E-state index in [2.05, 4.69) is 15.5 Å². The standard InChI is InChI=1S/C16H18FN3OS2/c17-13-8-4-5-11(9-13)10-22-16-20-19-15(23-16)18-14(21)12-6-2-1-3-7-12/h4-5,8-9,12H,1-3,6-7,10H2,(H,18,19,21). The zero-order valence-corrected chi connectivity index (χ0v) is 14.3. The second-order valence-corrected chi connectivity index (χ2v) is 7.82. The third-order valence-electron chi connectivity index (χ3n) is 3.86. The van der Waals surface area contributed by atoms with Gasteiger partial charge in [0, 0.05) is 11.7 Å². The van der Waals surface area contributed by atoms with Gasteiger partial charge >= 0.3 is 0 Å². The van der Waals surface area contributed by atoms with Gasteiger partial charge in [-0.05, 0) is 30.5 Å². The molecule has 1 N–H and O–H groups in total. The van der Waals surface area contributed by atoms with Crippen LogP contribution < -0.4 is 5.32 Å². The highest BCUT2D eigenvalue weighted by Crippen LogP contribution is 2.30. The van der Waals surface area contributed by atoms with E-state index >= 15 is 0 Å². The number of carbonyl (C=O) groups is 1. The topological polar surface area (TPSA) is 54.9 Å². The zero-order chi connectivity index (χ0) is 16.1. The summed E-state index contributed by atoms with van der Waals surface area (Å²) in [5, 5.41) is 11.5. The van der Waals surface area contributed by atoms with E-state index in [4.69, 9.17) is 0 Å². The first kappa shape index (κ1) is 16.4. The molecular formula is C16H18FN3OS2. The Balaban J connectivity index is 1.52. The highest BCUT2D eigenvalue weighted by Gasteiger charge is 2.22. The number of aromatic nitrogens is 2. The van der Waals surface area contributed by atoms with Crippen molar-refractivity contribution in [3.8, 4) is 0 Å². The fourth-order valence-electron chi connectivity index (χ4n) is 2.66. The summed E-state index contributed by atoms with van der Waals surface area (Å²) in [4.78, 5) is 12.2. The number of halogens is 1. The number of amides is 1. The highest BCUT2D eigenvalue weighted by molar-refractivity contribution is 8.00. The van der Waals surface area contributed by atoms with Gasteiger partial charge in [0.25, 0.3) is 0 Å². The van der Waals surface area contributed by atoms with Crippen LogP contribution >= 0.6 is 23.1 Å². The molecule has 1 aliphatic carbocycles. The second-order valence-electron chi connectivity index (χ2n) is 5.62. The van der Waals surface area contributed by atoms with Gasteiger partial charge in [-0.3, -0.25) is 4.79 Å². The predicted octanol–water partition coefficient (Wildman–Crippen LogP) is 4.49. The summed E-state index contributed by atoms with van der Waals surface area (Å²) in [6, 6.07) is 6.52. The molecule has 0 spiro atoms. The first-order valence-corrected chi connectivity index (χ1v) is 9.52. The lowest BCUT2D eigenvalue weighted by atomic mass is 9.89. The van der Waals surface area contributed by atoms with Gasteiger partial charge in [-0.1, -0.05) is 54.5 Å². The van der Waals surface area contributed by atoms with Crippen LogP contribution in [0.2, 0.25) is 0 Å². The summed E-state index contributed by atoms with van der Waals surface area (Å²) in [6.45, 7) is 0. The van der Waals surface area contributed by atoms with Crippen molar-refractivity contribution < 1.29 is 9.18 Å². The van der Waals surface area contributed by atoms with Gasteiger partial charge in [0.2, 0.25) is 11.0 Å². The summed E-state index contributed by atoms with van der Waals surface area (Å²) in [5.41, 5.74) is 0.901. The molecule has 0 saturated heterocycles. The van der Waals surface area contributed by atoms with Gasteiger partial charge < -0.3 is 5.32 Å². The minimum absolute atomic E-state index is 0.0579. The van der Waals surface area contributed by atoms with Crippen LogP contribution in [-0.4, -0.2) is 16.1 Å². The third-order valence-corrected chi connectivity index (χ3v) is 5.91.